The number of hydrogen-bond acceptors (Lipinski definition) is 2. The lowest BCUT2D eigenvalue weighted by molar-refractivity contribution is 0.413. The van der Waals surface area contributed by atoms with Crippen LogP contribution in [0.2, 0.25) is 0 Å². The van der Waals surface area contributed by atoms with Gasteiger partial charge in [-0.2, -0.15) is 0 Å². The van der Waals surface area contributed by atoms with Crippen LogP contribution in [0, 0.1) is 0 Å². The van der Waals surface area contributed by atoms with Crippen molar-refractivity contribution in [2.24, 2.45) is 0 Å². The Labute approximate surface area is 132 Å². The van der Waals surface area contributed by atoms with E-state index >= 15 is 0 Å². The number of hydrogen-bond donors (Lipinski definition) is 0. The predicted octanol–water partition coefficient (Wildman–Crippen LogP) is 5.21. The molecule has 0 heterocycles. The maximum Gasteiger partial charge on any atom is 0.126 e. The largest absolute Gasteiger partial charge is 0.496 e. The standard InChI is InChI=1S/C20H22O2/c1-15(17-9-5-7-11-19(17)21-3)13-14-16(2)18-10-6-8-12-20(18)22-4/h5-12H,1-2,13-14H2,3-4H3. The molecule has 114 valence electrons. The van der Waals surface area contributed by atoms with Gasteiger partial charge in [0.1, 0.15) is 11.5 Å². The maximum atomic E-state index is 5.39. The second-order valence-corrected chi connectivity index (χ2v) is 5.11. The van der Waals surface area contributed by atoms with Crippen LogP contribution < -0.4 is 9.47 Å². The van der Waals surface area contributed by atoms with Crippen LogP contribution >= 0.6 is 0 Å². The van der Waals surface area contributed by atoms with Gasteiger partial charge in [-0.25, -0.2) is 0 Å². The molecule has 0 saturated carbocycles. The molecule has 0 amide bonds. The minimum absolute atomic E-state index is 0.831. The second-order valence-electron chi connectivity index (χ2n) is 5.11. The molecule has 0 radical (unpaired) electrons. The lowest BCUT2D eigenvalue weighted by Crippen LogP contribution is -1.93. The first kappa shape index (κ1) is 15.9. The van der Waals surface area contributed by atoms with E-state index in [0.717, 1.165) is 46.6 Å². The van der Waals surface area contributed by atoms with Gasteiger partial charge in [0.25, 0.3) is 0 Å². The number of ether oxygens (including phenoxy) is 2. The highest BCUT2D eigenvalue weighted by atomic mass is 16.5. The van der Waals surface area contributed by atoms with Gasteiger partial charge in [-0.3, -0.25) is 0 Å². The maximum absolute atomic E-state index is 5.39. The van der Waals surface area contributed by atoms with E-state index in [1.54, 1.807) is 14.2 Å². The fourth-order valence-corrected chi connectivity index (χ4v) is 2.44. The number of methoxy groups -OCH3 is 2. The summed E-state index contributed by atoms with van der Waals surface area (Å²) >= 11 is 0. The molecule has 0 aromatic heterocycles. The van der Waals surface area contributed by atoms with Crippen LogP contribution in [0.1, 0.15) is 24.0 Å². The topological polar surface area (TPSA) is 18.5 Å². The third-order valence-electron chi connectivity index (χ3n) is 3.70. The first-order valence-electron chi connectivity index (χ1n) is 7.29. The Balaban J connectivity index is 2.06. The molecule has 2 nitrogen and oxygen atoms in total. The molecule has 2 aromatic rings. The average molecular weight is 294 g/mol. The SMILES string of the molecule is C=C(CCC(=C)c1ccccc1OC)c1ccccc1OC. The van der Waals surface area contributed by atoms with Gasteiger partial charge >= 0.3 is 0 Å². The van der Waals surface area contributed by atoms with E-state index in [-0.39, 0.29) is 0 Å². The first-order valence-corrected chi connectivity index (χ1v) is 7.29. The zero-order valence-electron chi connectivity index (χ0n) is 13.3. The highest BCUT2D eigenvalue weighted by molar-refractivity contribution is 5.73. The van der Waals surface area contributed by atoms with Gasteiger partial charge in [-0.15, -0.1) is 0 Å². The molecule has 0 aliphatic heterocycles. The molecule has 2 heteroatoms. The molecule has 0 saturated heterocycles. The molecule has 0 aliphatic carbocycles. The van der Waals surface area contributed by atoms with Gasteiger partial charge in [0.05, 0.1) is 14.2 Å². The molecule has 0 bridgehead atoms. The monoisotopic (exact) mass is 294 g/mol. The van der Waals surface area contributed by atoms with Gasteiger partial charge in [-0.1, -0.05) is 49.6 Å². The Hall–Kier alpha value is -2.48. The zero-order chi connectivity index (χ0) is 15.9. The smallest absolute Gasteiger partial charge is 0.126 e. The Morgan fingerprint density at radius 3 is 1.45 bits per heavy atom. The Bertz CT molecular complexity index is 611. The van der Waals surface area contributed by atoms with Gasteiger partial charge < -0.3 is 9.47 Å². The van der Waals surface area contributed by atoms with E-state index in [9.17, 15) is 0 Å². The summed E-state index contributed by atoms with van der Waals surface area (Å²) in [6, 6.07) is 15.9. The van der Waals surface area contributed by atoms with Crippen LogP contribution in [0.25, 0.3) is 11.1 Å². The Kier molecular flexibility index (Phi) is 5.42. The third-order valence-corrected chi connectivity index (χ3v) is 3.70. The summed E-state index contributed by atoms with van der Waals surface area (Å²) in [6.45, 7) is 8.38. The van der Waals surface area contributed by atoms with Gasteiger partial charge in [0.2, 0.25) is 0 Å². The molecular weight excluding hydrogens is 272 g/mol. The van der Waals surface area contributed by atoms with Crippen molar-refractivity contribution < 1.29 is 9.47 Å². The first-order chi connectivity index (χ1) is 10.7. The summed E-state index contributed by atoms with van der Waals surface area (Å²) in [4.78, 5) is 0. The normalized spacial score (nSPS) is 10.1. The molecule has 0 spiro atoms. The molecule has 0 aliphatic rings. The van der Waals surface area contributed by atoms with E-state index in [1.807, 2.05) is 48.5 Å². The van der Waals surface area contributed by atoms with E-state index in [1.165, 1.54) is 0 Å². The molecule has 2 rings (SSSR count). The van der Waals surface area contributed by atoms with Crippen molar-refractivity contribution in [3.05, 3.63) is 72.8 Å². The highest BCUT2D eigenvalue weighted by Gasteiger charge is 2.09. The van der Waals surface area contributed by atoms with Gasteiger partial charge in [0, 0.05) is 11.1 Å². The fraction of sp³-hybridized carbons (Fsp3) is 0.200. The van der Waals surface area contributed by atoms with E-state index in [0.29, 0.717) is 0 Å². The minimum atomic E-state index is 0.831. The molecule has 0 fully saturated rings. The van der Waals surface area contributed by atoms with Crippen molar-refractivity contribution >= 4 is 11.1 Å². The van der Waals surface area contributed by atoms with Crippen LogP contribution in [0.15, 0.2) is 61.7 Å². The van der Waals surface area contributed by atoms with E-state index in [2.05, 4.69) is 13.2 Å². The number of para-hydroxylation sites is 2. The van der Waals surface area contributed by atoms with E-state index < -0.39 is 0 Å². The van der Waals surface area contributed by atoms with Gasteiger partial charge in [-0.05, 0) is 36.1 Å². The van der Waals surface area contributed by atoms with Crippen molar-refractivity contribution in [3.63, 3.8) is 0 Å². The minimum Gasteiger partial charge on any atom is -0.496 e. The zero-order valence-corrected chi connectivity index (χ0v) is 13.3. The highest BCUT2D eigenvalue weighted by Crippen LogP contribution is 2.32. The summed E-state index contributed by atoms with van der Waals surface area (Å²) < 4.78 is 10.8. The van der Waals surface area contributed by atoms with Crippen LogP contribution in [0.3, 0.4) is 0 Å². The van der Waals surface area contributed by atoms with Crippen molar-refractivity contribution in [2.45, 2.75) is 12.8 Å². The number of benzene rings is 2. The molecule has 0 atom stereocenters. The number of rotatable bonds is 7. The number of allylic oxidation sites excluding steroid dienone is 2. The quantitative estimate of drug-likeness (QED) is 0.698. The fourth-order valence-electron chi connectivity index (χ4n) is 2.44. The van der Waals surface area contributed by atoms with Crippen LogP contribution in [-0.4, -0.2) is 14.2 Å². The summed E-state index contributed by atoms with van der Waals surface area (Å²) in [5, 5.41) is 0. The predicted molar refractivity (Wildman–Crippen MR) is 93.3 cm³/mol. The van der Waals surface area contributed by atoms with Crippen molar-refractivity contribution in [3.8, 4) is 11.5 Å². The lowest BCUT2D eigenvalue weighted by atomic mass is 9.96. The molecule has 0 unspecified atom stereocenters. The van der Waals surface area contributed by atoms with Gasteiger partial charge in [0.15, 0.2) is 0 Å². The summed E-state index contributed by atoms with van der Waals surface area (Å²) in [7, 11) is 3.36. The summed E-state index contributed by atoms with van der Waals surface area (Å²) in [5.74, 6) is 1.71. The third kappa shape index (κ3) is 3.59. The van der Waals surface area contributed by atoms with Crippen molar-refractivity contribution in [1.82, 2.24) is 0 Å². The molecule has 0 N–H and O–H groups in total. The van der Waals surface area contributed by atoms with Crippen LogP contribution in [-0.2, 0) is 0 Å². The van der Waals surface area contributed by atoms with Crippen molar-refractivity contribution in [2.75, 3.05) is 14.2 Å². The molecule has 22 heavy (non-hydrogen) atoms. The average Bonchev–Trinajstić information content (AvgIpc) is 2.59. The molecule has 2 aromatic carbocycles. The second kappa shape index (κ2) is 7.51. The van der Waals surface area contributed by atoms with E-state index in [4.69, 9.17) is 9.47 Å². The van der Waals surface area contributed by atoms with Crippen molar-refractivity contribution in [1.29, 1.82) is 0 Å². The van der Waals surface area contributed by atoms with Crippen LogP contribution in [0.5, 0.6) is 11.5 Å². The van der Waals surface area contributed by atoms with Crippen LogP contribution in [0.4, 0.5) is 0 Å². The Morgan fingerprint density at radius 1 is 0.727 bits per heavy atom. The molecular formula is C20H22O2. The lowest BCUT2D eigenvalue weighted by Gasteiger charge is -2.13. The Morgan fingerprint density at radius 2 is 1.09 bits per heavy atom. The summed E-state index contributed by atoms with van der Waals surface area (Å²) in [5.41, 5.74) is 4.21. The summed E-state index contributed by atoms with van der Waals surface area (Å²) in [6.07, 6.45) is 1.66.